The van der Waals surface area contributed by atoms with Gasteiger partial charge in [-0.05, 0) is 0 Å². The highest BCUT2D eigenvalue weighted by molar-refractivity contribution is 7.85. The Labute approximate surface area is 148 Å². The quantitative estimate of drug-likeness (QED) is 0.217. The zero-order chi connectivity index (χ0) is 16.4. The first-order valence-corrected chi connectivity index (χ1v) is 8.97. The second kappa shape index (κ2) is 12.6. The van der Waals surface area contributed by atoms with E-state index >= 15 is 0 Å². The third kappa shape index (κ3) is 7.09. The Morgan fingerprint density at radius 3 is 1.14 bits per heavy atom. The third-order valence-corrected chi connectivity index (χ3v) is 5.63. The van der Waals surface area contributed by atoms with Crippen LogP contribution in [0.2, 0.25) is 0 Å². The summed E-state index contributed by atoms with van der Waals surface area (Å²) >= 11 is 17.1. The number of hydrogen-bond donors (Lipinski definition) is 8. The second-order valence-electron chi connectivity index (χ2n) is 4.82. The van der Waals surface area contributed by atoms with E-state index in [0.717, 1.165) is 0 Å². The molecule has 0 aliphatic carbocycles. The van der Waals surface area contributed by atoms with Gasteiger partial charge in [0, 0.05) is 33.8 Å². The largest absolute Gasteiger partial charge is 0.396 e. The summed E-state index contributed by atoms with van der Waals surface area (Å²) in [6.07, 6.45) is -1.16. The van der Waals surface area contributed by atoms with Gasteiger partial charge in [-0.25, -0.2) is 0 Å². The Hall–Kier alpha value is 1.20. The number of hydrogen-bond acceptors (Lipinski definition) is 9. The van der Waals surface area contributed by atoms with E-state index in [1.807, 2.05) is 0 Å². The molecular formula is C12H26O5S4. The number of rotatable bonds is 12. The van der Waals surface area contributed by atoms with Gasteiger partial charge < -0.3 is 25.2 Å². The molecule has 9 heteroatoms. The van der Waals surface area contributed by atoms with Crippen LogP contribution in [0.1, 0.15) is 0 Å². The second-order valence-corrected chi connectivity index (χ2v) is 6.87. The van der Waals surface area contributed by atoms with Crippen molar-refractivity contribution in [2.24, 2.45) is 11.8 Å². The van der Waals surface area contributed by atoms with Crippen molar-refractivity contribution in [3.8, 4) is 0 Å². The van der Waals surface area contributed by atoms with Gasteiger partial charge in [0.05, 0.1) is 38.6 Å². The molecule has 0 rings (SSSR count). The number of ether oxygens (including phenoxy) is 1. The highest BCUT2D eigenvalue weighted by atomic mass is 32.1. The van der Waals surface area contributed by atoms with E-state index in [-0.39, 0.29) is 36.9 Å². The van der Waals surface area contributed by atoms with Crippen LogP contribution in [0.5, 0.6) is 0 Å². The van der Waals surface area contributed by atoms with Crippen molar-refractivity contribution >= 4 is 50.5 Å². The van der Waals surface area contributed by atoms with E-state index < -0.39 is 24.0 Å². The Morgan fingerprint density at radius 1 is 0.667 bits per heavy atom. The average molecular weight is 379 g/mol. The average Bonchev–Trinajstić information content (AvgIpc) is 2.52. The van der Waals surface area contributed by atoms with Crippen LogP contribution in [0.25, 0.3) is 0 Å². The molecule has 0 heterocycles. The van der Waals surface area contributed by atoms with Gasteiger partial charge >= 0.3 is 0 Å². The zero-order valence-electron chi connectivity index (χ0n) is 11.7. The fraction of sp³-hybridized carbons (Fsp3) is 1.00. The third-order valence-electron chi connectivity index (χ3n) is 3.31. The predicted octanol–water partition coefficient (Wildman–Crippen LogP) is -0.602. The molecule has 0 amide bonds. The molecule has 0 aliphatic heterocycles. The minimum absolute atomic E-state index is 0.264. The van der Waals surface area contributed by atoms with Crippen LogP contribution >= 0.6 is 50.5 Å². The lowest BCUT2D eigenvalue weighted by Gasteiger charge is -2.37. The highest BCUT2D eigenvalue weighted by Crippen LogP contribution is 2.25. The van der Waals surface area contributed by atoms with Crippen LogP contribution in [-0.4, -0.2) is 81.1 Å². The molecule has 0 aliphatic rings. The molecule has 128 valence electrons. The summed E-state index contributed by atoms with van der Waals surface area (Å²) in [7, 11) is 0. The van der Waals surface area contributed by atoms with E-state index in [1.54, 1.807) is 0 Å². The SMILES string of the molecule is OCC(CO)C(OC(C(S)CS)C(CO)CO)C(S)CS. The van der Waals surface area contributed by atoms with Crippen LogP contribution in [-0.2, 0) is 4.74 Å². The molecule has 0 saturated carbocycles. The predicted molar refractivity (Wildman–Crippen MR) is 97.2 cm³/mol. The molecular weight excluding hydrogens is 352 g/mol. The first-order chi connectivity index (χ1) is 10.00. The van der Waals surface area contributed by atoms with Crippen molar-refractivity contribution in [1.82, 2.24) is 0 Å². The summed E-state index contributed by atoms with van der Waals surface area (Å²) < 4.78 is 5.95. The molecule has 0 radical (unpaired) electrons. The van der Waals surface area contributed by atoms with Gasteiger partial charge in [0.2, 0.25) is 0 Å². The molecule has 4 atom stereocenters. The van der Waals surface area contributed by atoms with E-state index in [9.17, 15) is 20.4 Å². The van der Waals surface area contributed by atoms with Gasteiger partial charge in [0.15, 0.2) is 0 Å². The van der Waals surface area contributed by atoms with Crippen molar-refractivity contribution in [2.45, 2.75) is 22.7 Å². The Bertz CT molecular complexity index is 230. The summed E-state index contributed by atoms with van der Waals surface area (Å²) in [6, 6.07) is 0. The van der Waals surface area contributed by atoms with Crippen LogP contribution in [0, 0.1) is 11.8 Å². The maximum Gasteiger partial charge on any atom is 0.0775 e. The van der Waals surface area contributed by atoms with Gasteiger partial charge in [0.25, 0.3) is 0 Å². The molecule has 5 nitrogen and oxygen atoms in total. The van der Waals surface area contributed by atoms with Crippen molar-refractivity contribution in [1.29, 1.82) is 0 Å². The van der Waals surface area contributed by atoms with Gasteiger partial charge in [0.1, 0.15) is 0 Å². The van der Waals surface area contributed by atoms with Crippen LogP contribution in [0.15, 0.2) is 0 Å². The molecule has 0 aromatic carbocycles. The fourth-order valence-electron chi connectivity index (χ4n) is 1.95. The van der Waals surface area contributed by atoms with Gasteiger partial charge in [-0.15, -0.1) is 0 Å². The summed E-state index contributed by atoms with van der Waals surface area (Å²) in [5.74, 6) is -0.281. The molecule has 0 saturated heterocycles. The van der Waals surface area contributed by atoms with Crippen LogP contribution in [0.4, 0.5) is 0 Å². The normalized spacial score (nSPS) is 18.0. The van der Waals surface area contributed by atoms with Crippen LogP contribution < -0.4 is 0 Å². The molecule has 0 fully saturated rings. The molecule has 0 spiro atoms. The molecule has 21 heavy (non-hydrogen) atoms. The van der Waals surface area contributed by atoms with E-state index in [4.69, 9.17) is 4.74 Å². The monoisotopic (exact) mass is 378 g/mol. The lowest BCUT2D eigenvalue weighted by molar-refractivity contribution is -0.0981. The smallest absolute Gasteiger partial charge is 0.0775 e. The lowest BCUT2D eigenvalue weighted by atomic mass is 9.98. The Balaban J connectivity index is 5.18. The van der Waals surface area contributed by atoms with Crippen LogP contribution in [0.3, 0.4) is 0 Å². The molecule has 4 unspecified atom stereocenters. The summed E-state index contributed by atoms with van der Waals surface area (Å²) in [6.45, 7) is -1.06. The number of aliphatic hydroxyl groups excluding tert-OH is 4. The number of aliphatic hydroxyl groups is 4. The maximum absolute atomic E-state index is 9.37. The first-order valence-electron chi connectivity index (χ1n) is 6.67. The molecule has 0 aromatic rings. The van der Waals surface area contributed by atoms with Gasteiger partial charge in [-0.1, -0.05) is 0 Å². The maximum atomic E-state index is 9.37. The minimum atomic E-state index is -0.582. The standard InChI is InChI=1S/C12H26O5S4/c13-1-7(2-14)11(9(20)5-18)17-12(10(21)6-19)8(3-15)4-16/h7-16,18-21H,1-6H2. The summed E-state index contributed by atoms with van der Waals surface area (Å²) in [5, 5.41) is 36.8. The fourth-order valence-corrected chi connectivity index (χ4v) is 3.00. The van der Waals surface area contributed by atoms with E-state index in [1.165, 1.54) is 0 Å². The molecule has 0 bridgehead atoms. The Morgan fingerprint density at radius 2 is 0.952 bits per heavy atom. The van der Waals surface area contributed by atoms with Crippen molar-refractivity contribution in [3.05, 3.63) is 0 Å². The topological polar surface area (TPSA) is 90.2 Å². The summed E-state index contributed by atoms with van der Waals surface area (Å²) in [4.78, 5) is 0. The first kappa shape index (κ1) is 22.2. The molecule has 4 N–H and O–H groups in total. The van der Waals surface area contributed by atoms with Gasteiger partial charge in [-0.2, -0.15) is 50.5 Å². The minimum Gasteiger partial charge on any atom is -0.396 e. The summed E-state index contributed by atoms with van der Waals surface area (Å²) in [5.41, 5.74) is 0. The van der Waals surface area contributed by atoms with Crippen molar-refractivity contribution in [2.75, 3.05) is 37.9 Å². The van der Waals surface area contributed by atoms with Crippen molar-refractivity contribution in [3.63, 3.8) is 0 Å². The molecule has 0 aromatic heterocycles. The highest BCUT2D eigenvalue weighted by Gasteiger charge is 2.35. The zero-order valence-corrected chi connectivity index (χ0v) is 15.3. The van der Waals surface area contributed by atoms with E-state index in [2.05, 4.69) is 50.5 Å². The van der Waals surface area contributed by atoms with E-state index in [0.29, 0.717) is 11.5 Å². The number of thiol groups is 4. The lowest BCUT2D eigenvalue weighted by Crippen LogP contribution is -2.47. The van der Waals surface area contributed by atoms with Gasteiger partial charge in [-0.3, -0.25) is 0 Å². The Kier molecular flexibility index (Phi) is 13.3. The van der Waals surface area contributed by atoms with Crippen molar-refractivity contribution < 1.29 is 25.2 Å².